The molecule has 0 aromatic heterocycles. The molecule has 0 spiro atoms. The van der Waals surface area contributed by atoms with Crippen molar-refractivity contribution >= 4 is 17.6 Å². The van der Waals surface area contributed by atoms with Crippen LogP contribution in [-0.4, -0.2) is 42.2 Å². The topological polar surface area (TPSA) is 52.6 Å². The number of carbonyl (C=O) groups is 1. The molecule has 1 aliphatic heterocycles. The zero-order valence-corrected chi connectivity index (χ0v) is 11.8. The number of nitrogens with one attached hydrogen (secondary N) is 1. The minimum absolute atomic E-state index is 0.517. The average Bonchev–Trinajstić information content (AvgIpc) is 2.41. The third kappa shape index (κ3) is 2.61. The fourth-order valence-electron chi connectivity index (χ4n) is 2.81. The van der Waals surface area contributed by atoms with E-state index in [1.807, 2.05) is 24.0 Å². The van der Waals surface area contributed by atoms with Gasteiger partial charge in [-0.3, -0.25) is 4.90 Å². The maximum Gasteiger partial charge on any atom is 0.328 e. The van der Waals surface area contributed by atoms with Gasteiger partial charge in [0.1, 0.15) is 5.54 Å². The van der Waals surface area contributed by atoms with Gasteiger partial charge in [0.2, 0.25) is 0 Å². The molecule has 1 unspecified atom stereocenters. The average molecular weight is 283 g/mol. The van der Waals surface area contributed by atoms with E-state index in [-0.39, 0.29) is 0 Å². The van der Waals surface area contributed by atoms with Crippen molar-refractivity contribution in [1.29, 1.82) is 0 Å². The highest BCUT2D eigenvalue weighted by molar-refractivity contribution is 6.30. The van der Waals surface area contributed by atoms with Crippen molar-refractivity contribution in [3.05, 3.63) is 34.9 Å². The van der Waals surface area contributed by atoms with Gasteiger partial charge in [0, 0.05) is 31.2 Å². The third-order valence-electron chi connectivity index (χ3n) is 3.82. The minimum atomic E-state index is -0.979. The molecule has 5 heteroatoms. The lowest BCUT2D eigenvalue weighted by Gasteiger charge is -2.42. The molecule has 1 heterocycles. The molecule has 1 aromatic carbocycles. The molecular formula is C14H19ClN2O2. The third-order valence-corrected chi connectivity index (χ3v) is 4.06. The number of rotatable bonds is 4. The Bertz CT molecular complexity index is 461. The first kappa shape index (κ1) is 14.3. The van der Waals surface area contributed by atoms with E-state index in [2.05, 4.69) is 5.32 Å². The van der Waals surface area contributed by atoms with Crippen LogP contribution in [0.15, 0.2) is 24.3 Å². The van der Waals surface area contributed by atoms with Crippen molar-refractivity contribution < 1.29 is 9.90 Å². The van der Waals surface area contributed by atoms with Gasteiger partial charge in [-0.1, -0.05) is 30.7 Å². The lowest BCUT2D eigenvalue weighted by atomic mass is 9.85. The van der Waals surface area contributed by atoms with Crippen LogP contribution in [0.5, 0.6) is 0 Å². The first-order valence-corrected chi connectivity index (χ1v) is 6.94. The molecule has 104 valence electrons. The van der Waals surface area contributed by atoms with Gasteiger partial charge in [-0.25, -0.2) is 4.79 Å². The van der Waals surface area contributed by atoms with Crippen molar-refractivity contribution in [2.24, 2.45) is 0 Å². The monoisotopic (exact) mass is 282 g/mol. The molecule has 4 nitrogen and oxygen atoms in total. The van der Waals surface area contributed by atoms with Crippen LogP contribution in [0.4, 0.5) is 0 Å². The Kier molecular flexibility index (Phi) is 4.45. The number of hydrogen-bond donors (Lipinski definition) is 2. The summed E-state index contributed by atoms with van der Waals surface area (Å²) in [6.45, 7) is 5.00. The van der Waals surface area contributed by atoms with E-state index in [9.17, 15) is 9.90 Å². The van der Waals surface area contributed by atoms with Crippen LogP contribution >= 0.6 is 11.6 Å². The van der Waals surface area contributed by atoms with E-state index >= 15 is 0 Å². The summed E-state index contributed by atoms with van der Waals surface area (Å²) in [6.07, 6.45) is 0.517. The molecule has 1 fully saturated rings. The zero-order chi connectivity index (χ0) is 13.9. The number of carboxylic acids is 1. The molecule has 0 radical (unpaired) electrons. The van der Waals surface area contributed by atoms with Crippen molar-refractivity contribution in [3.63, 3.8) is 0 Å². The predicted molar refractivity (Wildman–Crippen MR) is 75.5 cm³/mol. The number of hydrogen-bond acceptors (Lipinski definition) is 3. The largest absolute Gasteiger partial charge is 0.480 e. The van der Waals surface area contributed by atoms with Gasteiger partial charge in [0.05, 0.1) is 0 Å². The molecule has 1 atom stereocenters. The van der Waals surface area contributed by atoms with Gasteiger partial charge in [0.15, 0.2) is 0 Å². The molecule has 0 bridgehead atoms. The summed E-state index contributed by atoms with van der Waals surface area (Å²) in [6, 6.07) is 7.20. The molecule has 1 aliphatic rings. The highest BCUT2D eigenvalue weighted by Gasteiger charge is 2.44. The van der Waals surface area contributed by atoms with E-state index in [4.69, 9.17) is 11.6 Å². The van der Waals surface area contributed by atoms with Crippen LogP contribution in [0.3, 0.4) is 0 Å². The summed E-state index contributed by atoms with van der Waals surface area (Å²) in [7, 11) is 0. The van der Waals surface area contributed by atoms with Crippen molar-refractivity contribution in [2.75, 3.05) is 26.2 Å². The van der Waals surface area contributed by atoms with Gasteiger partial charge in [-0.15, -0.1) is 0 Å². The van der Waals surface area contributed by atoms with Crippen LogP contribution in [0.2, 0.25) is 5.02 Å². The second kappa shape index (κ2) is 5.90. The van der Waals surface area contributed by atoms with Gasteiger partial charge in [0.25, 0.3) is 0 Å². The molecular weight excluding hydrogens is 264 g/mol. The van der Waals surface area contributed by atoms with E-state index in [1.165, 1.54) is 0 Å². The van der Waals surface area contributed by atoms with Crippen LogP contribution in [0, 0.1) is 0 Å². The fraction of sp³-hybridized carbons (Fsp3) is 0.500. The lowest BCUT2D eigenvalue weighted by Crippen LogP contribution is -2.58. The van der Waals surface area contributed by atoms with Gasteiger partial charge < -0.3 is 10.4 Å². The van der Waals surface area contributed by atoms with Crippen molar-refractivity contribution in [2.45, 2.75) is 18.9 Å². The Morgan fingerprint density at radius 3 is 2.68 bits per heavy atom. The Morgan fingerprint density at radius 1 is 1.47 bits per heavy atom. The molecule has 1 saturated heterocycles. The normalized spacial score (nSPS) is 19.9. The molecule has 0 saturated carbocycles. The Balaban J connectivity index is 2.46. The predicted octanol–water partition coefficient (Wildman–Crippen LogP) is 1.94. The maximum atomic E-state index is 12.0. The molecule has 19 heavy (non-hydrogen) atoms. The smallest absolute Gasteiger partial charge is 0.328 e. The maximum absolute atomic E-state index is 12.0. The Morgan fingerprint density at radius 2 is 2.16 bits per heavy atom. The number of benzene rings is 1. The zero-order valence-electron chi connectivity index (χ0n) is 11.0. The summed E-state index contributed by atoms with van der Waals surface area (Å²) in [5.41, 5.74) is -0.218. The van der Waals surface area contributed by atoms with E-state index in [1.54, 1.807) is 12.1 Å². The summed E-state index contributed by atoms with van der Waals surface area (Å²) < 4.78 is 0. The number of nitrogens with zero attached hydrogens (tertiary/aromatic N) is 1. The fourth-order valence-corrected chi connectivity index (χ4v) is 3.00. The highest BCUT2D eigenvalue weighted by atomic mass is 35.5. The van der Waals surface area contributed by atoms with E-state index in [0.717, 1.165) is 31.7 Å². The van der Waals surface area contributed by atoms with Crippen LogP contribution in [0.25, 0.3) is 0 Å². The lowest BCUT2D eigenvalue weighted by molar-refractivity contribution is -0.153. The summed E-state index contributed by atoms with van der Waals surface area (Å²) in [5.74, 6) is -0.806. The van der Waals surface area contributed by atoms with Crippen LogP contribution < -0.4 is 5.32 Å². The molecule has 2 rings (SSSR count). The molecule has 2 N–H and O–H groups in total. The molecule has 0 aliphatic carbocycles. The van der Waals surface area contributed by atoms with Gasteiger partial charge in [-0.05, 0) is 24.1 Å². The van der Waals surface area contributed by atoms with E-state index < -0.39 is 11.5 Å². The number of piperazine rings is 1. The van der Waals surface area contributed by atoms with Crippen LogP contribution in [0.1, 0.15) is 18.9 Å². The SMILES string of the molecule is CCC(C(=O)O)(c1cccc(Cl)c1)N1CCNCC1. The minimum Gasteiger partial charge on any atom is -0.480 e. The second-order valence-electron chi connectivity index (χ2n) is 4.77. The number of halogens is 1. The first-order chi connectivity index (χ1) is 9.11. The molecule has 1 aromatic rings. The molecule has 0 amide bonds. The van der Waals surface area contributed by atoms with Gasteiger partial charge in [-0.2, -0.15) is 0 Å². The van der Waals surface area contributed by atoms with E-state index in [0.29, 0.717) is 11.4 Å². The van der Waals surface area contributed by atoms with Crippen molar-refractivity contribution in [1.82, 2.24) is 10.2 Å². The highest BCUT2D eigenvalue weighted by Crippen LogP contribution is 2.34. The Labute approximate surface area is 118 Å². The number of aliphatic carboxylic acids is 1. The summed E-state index contributed by atoms with van der Waals surface area (Å²) in [5, 5.41) is 13.6. The van der Waals surface area contributed by atoms with Crippen molar-refractivity contribution in [3.8, 4) is 0 Å². The van der Waals surface area contributed by atoms with Crippen LogP contribution in [-0.2, 0) is 10.3 Å². The number of carboxylic acid groups (broad SMARTS) is 1. The first-order valence-electron chi connectivity index (χ1n) is 6.56. The van der Waals surface area contributed by atoms with Gasteiger partial charge >= 0.3 is 5.97 Å². The Hall–Kier alpha value is -1.10. The second-order valence-corrected chi connectivity index (χ2v) is 5.20. The quantitative estimate of drug-likeness (QED) is 0.886. The summed E-state index contributed by atoms with van der Waals surface area (Å²) >= 11 is 6.03. The summed E-state index contributed by atoms with van der Waals surface area (Å²) in [4.78, 5) is 14.0. The standard InChI is InChI=1S/C14H19ClN2O2/c1-2-14(13(18)19,17-8-6-16-7-9-17)11-4-3-5-12(15)10-11/h3-5,10,16H,2,6-9H2,1H3,(H,18,19).